The van der Waals surface area contributed by atoms with Crippen LogP contribution in [0.1, 0.15) is 16.7 Å². The Labute approximate surface area is 171 Å². The lowest BCUT2D eigenvalue weighted by molar-refractivity contribution is -0.139. The highest BCUT2D eigenvalue weighted by atomic mass is 19.1. The van der Waals surface area contributed by atoms with Crippen LogP contribution in [-0.2, 0) is 32.3 Å². The third-order valence-corrected chi connectivity index (χ3v) is 4.09. The Hall–Kier alpha value is -3.59. The molecule has 2 aromatic carbocycles. The van der Waals surface area contributed by atoms with E-state index in [9.17, 15) is 14.0 Å². The van der Waals surface area contributed by atoms with E-state index in [1.807, 2.05) is 0 Å². The number of rotatable bonds is 8. The molecule has 3 rings (SSSR count). The molecule has 30 heavy (non-hydrogen) atoms. The van der Waals surface area contributed by atoms with E-state index in [-0.39, 0.29) is 26.6 Å². The summed E-state index contributed by atoms with van der Waals surface area (Å²) in [5.41, 5.74) is 6.68. The van der Waals surface area contributed by atoms with Crippen molar-refractivity contribution in [2.24, 2.45) is 5.73 Å². The lowest BCUT2D eigenvalue weighted by Crippen LogP contribution is -2.20. The summed E-state index contributed by atoms with van der Waals surface area (Å²) in [5, 5.41) is 0. The predicted molar refractivity (Wildman–Crippen MR) is 103 cm³/mol. The molecule has 8 nitrogen and oxygen atoms in total. The molecule has 0 bridgehead atoms. The van der Waals surface area contributed by atoms with Crippen LogP contribution >= 0.6 is 0 Å². The Morgan fingerprint density at radius 2 is 2.07 bits per heavy atom. The van der Waals surface area contributed by atoms with Crippen LogP contribution in [0.3, 0.4) is 0 Å². The Bertz CT molecular complexity index is 974. The van der Waals surface area contributed by atoms with Gasteiger partial charge in [-0.3, -0.25) is 4.79 Å². The van der Waals surface area contributed by atoms with Crippen molar-refractivity contribution in [3.63, 3.8) is 0 Å². The zero-order chi connectivity index (χ0) is 21.5. The maximum atomic E-state index is 13.7. The third kappa shape index (κ3) is 5.48. The molecule has 158 valence electrons. The first-order chi connectivity index (χ1) is 14.5. The summed E-state index contributed by atoms with van der Waals surface area (Å²) >= 11 is 0. The minimum Gasteiger partial charge on any atom is -0.493 e. The fourth-order valence-corrected chi connectivity index (χ4v) is 2.78. The van der Waals surface area contributed by atoms with Gasteiger partial charge in [0.2, 0.25) is 0 Å². The number of carbonyl (C=O) groups excluding carboxylic acids is 2. The Balaban J connectivity index is 1.62. The van der Waals surface area contributed by atoms with Gasteiger partial charge in [-0.25, -0.2) is 9.18 Å². The molecule has 2 N–H and O–H groups in total. The SMILES string of the molecule is COc1cc(/C=C/C(=O)OCc2cc(F)cc3c2OCOC3)ccc1OCC(N)=O. The highest BCUT2D eigenvalue weighted by molar-refractivity contribution is 5.87. The molecule has 0 spiro atoms. The summed E-state index contributed by atoms with van der Waals surface area (Å²) in [7, 11) is 1.45. The molecule has 0 aliphatic carbocycles. The topological polar surface area (TPSA) is 106 Å². The van der Waals surface area contributed by atoms with Crippen LogP contribution in [0.15, 0.2) is 36.4 Å². The van der Waals surface area contributed by atoms with Gasteiger partial charge in [0.05, 0.1) is 13.7 Å². The summed E-state index contributed by atoms with van der Waals surface area (Å²) < 4.78 is 39.9. The van der Waals surface area contributed by atoms with Gasteiger partial charge >= 0.3 is 5.97 Å². The third-order valence-electron chi connectivity index (χ3n) is 4.09. The van der Waals surface area contributed by atoms with Gasteiger partial charge < -0.3 is 29.4 Å². The number of benzene rings is 2. The van der Waals surface area contributed by atoms with E-state index in [1.165, 1.54) is 31.4 Å². The molecular formula is C21H20FNO7. The molecule has 0 saturated heterocycles. The summed E-state index contributed by atoms with van der Waals surface area (Å²) in [6.07, 6.45) is 2.75. The number of hydrogen-bond acceptors (Lipinski definition) is 7. The highest BCUT2D eigenvalue weighted by Crippen LogP contribution is 2.30. The Kier molecular flexibility index (Phi) is 6.87. The van der Waals surface area contributed by atoms with Crippen molar-refractivity contribution in [3.05, 3.63) is 58.9 Å². The van der Waals surface area contributed by atoms with Crippen LogP contribution in [0.4, 0.5) is 4.39 Å². The minimum absolute atomic E-state index is 0.0560. The van der Waals surface area contributed by atoms with Crippen molar-refractivity contribution in [1.82, 2.24) is 0 Å². The molecule has 0 aromatic heterocycles. The molecule has 1 aliphatic rings. The molecule has 2 aromatic rings. The van der Waals surface area contributed by atoms with E-state index in [1.54, 1.807) is 18.2 Å². The maximum Gasteiger partial charge on any atom is 0.331 e. The quantitative estimate of drug-likeness (QED) is 0.519. The van der Waals surface area contributed by atoms with Crippen molar-refractivity contribution >= 4 is 18.0 Å². The second-order valence-electron chi connectivity index (χ2n) is 6.27. The van der Waals surface area contributed by atoms with Gasteiger partial charge in [-0.1, -0.05) is 6.07 Å². The number of carbonyl (C=O) groups is 2. The van der Waals surface area contributed by atoms with E-state index in [2.05, 4.69) is 0 Å². The van der Waals surface area contributed by atoms with Crippen molar-refractivity contribution in [2.75, 3.05) is 20.5 Å². The van der Waals surface area contributed by atoms with Crippen LogP contribution in [0.2, 0.25) is 0 Å². The average Bonchev–Trinajstić information content (AvgIpc) is 2.74. The van der Waals surface area contributed by atoms with Gasteiger partial charge in [0, 0.05) is 17.2 Å². The number of halogens is 1. The molecule has 1 amide bonds. The lowest BCUT2D eigenvalue weighted by atomic mass is 10.1. The summed E-state index contributed by atoms with van der Waals surface area (Å²) in [6.45, 7) is -0.140. The van der Waals surface area contributed by atoms with Crippen molar-refractivity contribution in [1.29, 1.82) is 0 Å². The van der Waals surface area contributed by atoms with Crippen LogP contribution < -0.4 is 19.9 Å². The van der Waals surface area contributed by atoms with Crippen LogP contribution in [0.5, 0.6) is 17.2 Å². The number of hydrogen-bond donors (Lipinski definition) is 1. The van der Waals surface area contributed by atoms with Gasteiger partial charge in [0.25, 0.3) is 5.91 Å². The van der Waals surface area contributed by atoms with E-state index >= 15 is 0 Å². The number of primary amides is 1. The number of methoxy groups -OCH3 is 1. The van der Waals surface area contributed by atoms with Crippen LogP contribution in [0, 0.1) is 5.82 Å². The fourth-order valence-electron chi connectivity index (χ4n) is 2.78. The van der Waals surface area contributed by atoms with Gasteiger partial charge in [-0.15, -0.1) is 0 Å². The molecule has 1 heterocycles. The van der Waals surface area contributed by atoms with Gasteiger partial charge in [0.15, 0.2) is 24.9 Å². The Morgan fingerprint density at radius 3 is 2.83 bits per heavy atom. The maximum absolute atomic E-state index is 13.7. The normalized spacial score (nSPS) is 12.7. The monoisotopic (exact) mass is 417 g/mol. The largest absolute Gasteiger partial charge is 0.493 e. The van der Waals surface area contributed by atoms with E-state index < -0.39 is 17.7 Å². The lowest BCUT2D eigenvalue weighted by Gasteiger charge is -2.20. The zero-order valence-electron chi connectivity index (χ0n) is 16.2. The average molecular weight is 417 g/mol. The minimum atomic E-state index is -0.618. The van der Waals surface area contributed by atoms with Crippen molar-refractivity contribution < 1.29 is 37.7 Å². The van der Waals surface area contributed by atoms with E-state index in [4.69, 9.17) is 29.4 Å². The zero-order valence-corrected chi connectivity index (χ0v) is 16.2. The molecule has 0 fully saturated rings. The Morgan fingerprint density at radius 1 is 1.23 bits per heavy atom. The van der Waals surface area contributed by atoms with Gasteiger partial charge in [-0.2, -0.15) is 0 Å². The number of amides is 1. The molecule has 0 radical (unpaired) electrons. The molecule has 0 atom stereocenters. The second kappa shape index (κ2) is 9.75. The van der Waals surface area contributed by atoms with Crippen molar-refractivity contribution in [2.45, 2.75) is 13.2 Å². The number of nitrogens with two attached hydrogens (primary N) is 1. The number of esters is 1. The standard InChI is InChI=1S/C21H20FNO7/c1-26-18-6-13(2-4-17(18)28-11-19(23)24)3-5-20(25)29-10-15-8-16(22)7-14-9-27-12-30-21(14)15/h2-8H,9-12H2,1H3,(H2,23,24)/b5-3+. The van der Waals surface area contributed by atoms with Gasteiger partial charge in [0.1, 0.15) is 18.2 Å². The van der Waals surface area contributed by atoms with Crippen LogP contribution in [-0.4, -0.2) is 32.4 Å². The number of fused-ring (bicyclic) bond motifs is 1. The summed E-state index contributed by atoms with van der Waals surface area (Å²) in [5.74, 6) is -0.506. The first kappa shape index (κ1) is 21.1. The summed E-state index contributed by atoms with van der Waals surface area (Å²) in [4.78, 5) is 22.9. The molecule has 0 saturated carbocycles. The van der Waals surface area contributed by atoms with Crippen molar-refractivity contribution in [3.8, 4) is 17.2 Å². The van der Waals surface area contributed by atoms with E-state index in [0.29, 0.717) is 33.9 Å². The molecule has 0 unspecified atom stereocenters. The van der Waals surface area contributed by atoms with Gasteiger partial charge in [-0.05, 0) is 35.9 Å². The van der Waals surface area contributed by atoms with E-state index in [0.717, 1.165) is 0 Å². The first-order valence-corrected chi connectivity index (χ1v) is 8.92. The smallest absolute Gasteiger partial charge is 0.331 e. The van der Waals surface area contributed by atoms with Crippen LogP contribution in [0.25, 0.3) is 6.08 Å². The summed E-state index contributed by atoms with van der Waals surface area (Å²) in [6, 6.07) is 7.46. The second-order valence-corrected chi connectivity index (χ2v) is 6.27. The first-order valence-electron chi connectivity index (χ1n) is 8.92. The molecule has 9 heteroatoms. The highest BCUT2D eigenvalue weighted by Gasteiger charge is 2.17. The fraction of sp³-hybridized carbons (Fsp3) is 0.238. The number of ether oxygens (including phenoxy) is 5. The predicted octanol–water partition coefficient (Wildman–Crippen LogP) is 2.32. The molecule has 1 aliphatic heterocycles. The molecular weight excluding hydrogens is 397 g/mol.